The molecule has 0 aromatic heterocycles. The molecule has 144 valence electrons. The molecule has 0 radical (unpaired) electrons. The zero-order valence-corrected chi connectivity index (χ0v) is 16.0. The molecule has 0 unspecified atom stereocenters. The van der Waals surface area contributed by atoms with Gasteiger partial charge in [0, 0.05) is 55.7 Å². The molecule has 1 saturated heterocycles. The maximum absolute atomic E-state index is 13.0. The zero-order chi connectivity index (χ0) is 19.3. The predicted molar refractivity (Wildman–Crippen MR) is 109 cm³/mol. The van der Waals surface area contributed by atoms with E-state index in [-0.39, 0.29) is 11.9 Å². The number of hydrogen-bond acceptors (Lipinski definition) is 3. The summed E-state index contributed by atoms with van der Waals surface area (Å²) in [6.45, 7) is 2.98. The summed E-state index contributed by atoms with van der Waals surface area (Å²) >= 11 is 0. The highest BCUT2D eigenvalue weighted by atomic mass is 16.2. The summed E-state index contributed by atoms with van der Waals surface area (Å²) in [6.07, 6.45) is 1.94. The number of para-hydroxylation sites is 1. The fourth-order valence-electron chi connectivity index (χ4n) is 4.74. The first-order valence-corrected chi connectivity index (χ1v) is 9.89. The molecule has 6 nitrogen and oxygen atoms in total. The van der Waals surface area contributed by atoms with Crippen molar-refractivity contribution in [2.24, 2.45) is 0 Å². The van der Waals surface area contributed by atoms with Gasteiger partial charge < -0.3 is 20.0 Å². The smallest absolute Gasteiger partial charge is 0.321 e. The highest BCUT2D eigenvalue weighted by Gasteiger charge is 2.34. The van der Waals surface area contributed by atoms with Gasteiger partial charge in [0.05, 0.1) is 6.04 Å². The van der Waals surface area contributed by atoms with E-state index in [1.54, 1.807) is 11.9 Å². The van der Waals surface area contributed by atoms with Crippen molar-refractivity contribution >= 4 is 23.3 Å². The van der Waals surface area contributed by atoms with E-state index >= 15 is 0 Å². The van der Waals surface area contributed by atoms with Crippen LogP contribution in [0.5, 0.6) is 0 Å². The quantitative estimate of drug-likeness (QED) is 0.833. The van der Waals surface area contributed by atoms with Gasteiger partial charge in [0.1, 0.15) is 0 Å². The molecule has 0 aliphatic carbocycles. The average Bonchev–Trinajstić information content (AvgIpc) is 3.10. The summed E-state index contributed by atoms with van der Waals surface area (Å²) in [4.78, 5) is 31.3. The molecule has 0 bridgehead atoms. The van der Waals surface area contributed by atoms with E-state index in [4.69, 9.17) is 0 Å². The molecule has 2 aromatic carbocycles. The van der Waals surface area contributed by atoms with Gasteiger partial charge in [-0.2, -0.15) is 0 Å². The second kappa shape index (κ2) is 6.55. The molecule has 3 aliphatic heterocycles. The van der Waals surface area contributed by atoms with Gasteiger partial charge in [0.15, 0.2) is 0 Å². The molecule has 28 heavy (non-hydrogen) atoms. The number of fused-ring (bicyclic) bond motifs is 4. The van der Waals surface area contributed by atoms with E-state index in [0.29, 0.717) is 24.7 Å². The minimum atomic E-state index is -0.0757. The number of amides is 3. The number of hydrogen-bond donors (Lipinski definition) is 1. The van der Waals surface area contributed by atoms with Gasteiger partial charge in [-0.3, -0.25) is 4.79 Å². The van der Waals surface area contributed by atoms with E-state index < -0.39 is 0 Å². The maximum Gasteiger partial charge on any atom is 0.321 e. The molecule has 6 heteroatoms. The average molecular weight is 376 g/mol. The van der Waals surface area contributed by atoms with Crippen molar-refractivity contribution in [2.75, 3.05) is 36.9 Å². The normalized spacial score (nSPS) is 20.5. The van der Waals surface area contributed by atoms with Crippen molar-refractivity contribution in [3.63, 3.8) is 0 Å². The van der Waals surface area contributed by atoms with Gasteiger partial charge in [0.25, 0.3) is 5.91 Å². The van der Waals surface area contributed by atoms with Crippen molar-refractivity contribution in [1.82, 2.24) is 9.80 Å². The van der Waals surface area contributed by atoms with Crippen molar-refractivity contribution in [3.05, 3.63) is 59.2 Å². The molecule has 1 fully saturated rings. The molecule has 3 heterocycles. The lowest BCUT2D eigenvalue weighted by Gasteiger charge is -2.27. The molecular formula is C22H24N4O2. The lowest BCUT2D eigenvalue weighted by atomic mass is 10.1. The number of rotatable bonds is 1. The zero-order valence-electron chi connectivity index (χ0n) is 16.0. The van der Waals surface area contributed by atoms with Crippen LogP contribution in [0, 0.1) is 0 Å². The summed E-state index contributed by atoms with van der Waals surface area (Å²) in [7, 11) is 1.79. The summed E-state index contributed by atoms with van der Waals surface area (Å²) < 4.78 is 0. The molecule has 1 atom stereocenters. The van der Waals surface area contributed by atoms with Crippen LogP contribution in [0.2, 0.25) is 0 Å². The third-order valence-electron chi connectivity index (χ3n) is 6.13. The van der Waals surface area contributed by atoms with Crippen molar-refractivity contribution in [2.45, 2.75) is 25.4 Å². The third-order valence-corrected chi connectivity index (χ3v) is 6.13. The highest BCUT2D eigenvalue weighted by Crippen LogP contribution is 2.34. The second-order valence-corrected chi connectivity index (χ2v) is 7.90. The first-order chi connectivity index (χ1) is 13.6. The standard InChI is InChI=1S/C22H24N4O2/c1-24-14-18-17(21(24)27)7-4-8-19(18)23-22(28)25-10-5-11-26-16(13-25)12-15-6-2-3-9-20(15)26/h2-4,6-9,16H,5,10-14H2,1H3,(H,23,28)/t16-/m0/s1. The molecule has 2 aromatic rings. The van der Waals surface area contributed by atoms with Crippen LogP contribution >= 0.6 is 0 Å². The number of benzene rings is 2. The van der Waals surface area contributed by atoms with Crippen molar-refractivity contribution < 1.29 is 9.59 Å². The Kier molecular flexibility index (Phi) is 4.00. The van der Waals surface area contributed by atoms with E-state index in [0.717, 1.165) is 37.2 Å². The Morgan fingerprint density at radius 3 is 2.86 bits per heavy atom. The Bertz CT molecular complexity index is 957. The SMILES string of the molecule is CN1Cc2c(NC(=O)N3CCCN4c5ccccc5C[C@H]4C3)cccc2C1=O. The number of anilines is 2. The first kappa shape index (κ1) is 17.1. The molecular weight excluding hydrogens is 352 g/mol. The van der Waals surface area contributed by atoms with Crippen molar-refractivity contribution in [3.8, 4) is 0 Å². The fourth-order valence-corrected chi connectivity index (χ4v) is 4.74. The number of carbonyl (C=O) groups excluding carboxylic acids is 2. The van der Waals surface area contributed by atoms with Gasteiger partial charge in [-0.15, -0.1) is 0 Å². The Hall–Kier alpha value is -3.02. The van der Waals surface area contributed by atoms with Gasteiger partial charge >= 0.3 is 6.03 Å². The first-order valence-electron chi connectivity index (χ1n) is 9.89. The van der Waals surface area contributed by atoms with Crippen LogP contribution < -0.4 is 10.2 Å². The van der Waals surface area contributed by atoms with Crippen LogP contribution in [0.1, 0.15) is 27.9 Å². The Morgan fingerprint density at radius 2 is 1.96 bits per heavy atom. The van der Waals surface area contributed by atoms with Gasteiger partial charge in [0.2, 0.25) is 0 Å². The largest absolute Gasteiger partial charge is 0.366 e. The predicted octanol–water partition coefficient (Wildman–Crippen LogP) is 2.94. The Labute approximate surface area is 164 Å². The maximum atomic E-state index is 13.0. The summed E-state index contributed by atoms with van der Waals surface area (Å²) in [5.41, 5.74) is 5.03. The van der Waals surface area contributed by atoms with Crippen LogP contribution in [-0.2, 0) is 13.0 Å². The minimum Gasteiger partial charge on any atom is -0.366 e. The molecule has 3 amide bonds. The van der Waals surface area contributed by atoms with Crippen LogP contribution in [0.15, 0.2) is 42.5 Å². The summed E-state index contributed by atoms with van der Waals surface area (Å²) in [6, 6.07) is 14.4. The number of nitrogens with one attached hydrogen (secondary N) is 1. The highest BCUT2D eigenvalue weighted by molar-refractivity contribution is 6.01. The summed E-state index contributed by atoms with van der Waals surface area (Å²) in [5, 5.41) is 3.07. The lowest BCUT2D eigenvalue weighted by Crippen LogP contribution is -2.43. The van der Waals surface area contributed by atoms with E-state index in [2.05, 4.69) is 34.5 Å². The number of carbonyl (C=O) groups is 2. The van der Waals surface area contributed by atoms with Crippen LogP contribution in [0.25, 0.3) is 0 Å². The van der Waals surface area contributed by atoms with Crippen molar-refractivity contribution in [1.29, 1.82) is 0 Å². The van der Waals surface area contributed by atoms with Crippen LogP contribution in [0.3, 0.4) is 0 Å². The topological polar surface area (TPSA) is 55.9 Å². The third kappa shape index (κ3) is 2.71. The van der Waals surface area contributed by atoms with Gasteiger partial charge in [-0.25, -0.2) is 4.79 Å². The summed E-state index contributed by atoms with van der Waals surface area (Å²) in [5.74, 6) is 0.0141. The molecule has 1 N–H and O–H groups in total. The molecule has 0 saturated carbocycles. The number of nitrogens with zero attached hydrogens (tertiary/aromatic N) is 3. The number of urea groups is 1. The van der Waals surface area contributed by atoms with Crippen LogP contribution in [-0.4, -0.2) is 54.5 Å². The van der Waals surface area contributed by atoms with E-state index in [9.17, 15) is 9.59 Å². The van der Waals surface area contributed by atoms with E-state index in [1.807, 2.05) is 23.1 Å². The van der Waals surface area contributed by atoms with E-state index in [1.165, 1.54) is 11.3 Å². The monoisotopic (exact) mass is 376 g/mol. The Morgan fingerprint density at radius 1 is 1.11 bits per heavy atom. The molecule has 3 aliphatic rings. The van der Waals surface area contributed by atoms with Crippen LogP contribution in [0.4, 0.5) is 16.2 Å². The Balaban J connectivity index is 1.33. The molecule has 0 spiro atoms. The second-order valence-electron chi connectivity index (χ2n) is 7.90. The lowest BCUT2D eigenvalue weighted by molar-refractivity contribution is 0.0816. The van der Waals surface area contributed by atoms with Gasteiger partial charge in [-0.1, -0.05) is 24.3 Å². The molecule has 5 rings (SSSR count). The fraction of sp³-hybridized carbons (Fsp3) is 0.364. The van der Waals surface area contributed by atoms with Gasteiger partial charge in [-0.05, 0) is 36.6 Å². The minimum absolute atomic E-state index is 0.0141.